The number of amides is 1. The number of rotatable bonds is 7. The molecular formula is C23H25N3O2. The van der Waals surface area contributed by atoms with E-state index in [0.717, 1.165) is 18.0 Å². The molecule has 28 heavy (non-hydrogen) atoms. The minimum absolute atomic E-state index is 0.192. The first-order valence-electron chi connectivity index (χ1n) is 9.28. The van der Waals surface area contributed by atoms with Gasteiger partial charge in [-0.1, -0.05) is 30.3 Å². The Morgan fingerprint density at radius 1 is 1.07 bits per heavy atom. The predicted molar refractivity (Wildman–Crippen MR) is 113 cm³/mol. The van der Waals surface area contributed by atoms with Crippen LogP contribution >= 0.6 is 0 Å². The van der Waals surface area contributed by atoms with Crippen molar-refractivity contribution in [2.45, 2.75) is 26.4 Å². The third-order valence-electron chi connectivity index (χ3n) is 4.48. The second-order valence-corrected chi connectivity index (χ2v) is 6.82. The third-order valence-corrected chi connectivity index (χ3v) is 4.48. The fourth-order valence-corrected chi connectivity index (χ4v) is 2.94. The summed E-state index contributed by atoms with van der Waals surface area (Å²) in [5.41, 5.74) is 3.36. The quantitative estimate of drug-likeness (QED) is 0.647. The van der Waals surface area contributed by atoms with E-state index in [2.05, 4.69) is 41.2 Å². The molecule has 0 atom stereocenters. The van der Waals surface area contributed by atoms with E-state index in [1.807, 2.05) is 48.5 Å². The summed E-state index contributed by atoms with van der Waals surface area (Å²) >= 11 is 0. The number of methoxy groups -OCH3 is 1. The van der Waals surface area contributed by atoms with Crippen LogP contribution < -0.4 is 15.0 Å². The van der Waals surface area contributed by atoms with Crippen molar-refractivity contribution >= 4 is 17.3 Å². The van der Waals surface area contributed by atoms with E-state index in [0.29, 0.717) is 11.3 Å². The Balaban J connectivity index is 1.78. The maximum atomic E-state index is 12.7. The van der Waals surface area contributed by atoms with Gasteiger partial charge in [0.2, 0.25) is 0 Å². The molecule has 1 N–H and O–H groups in total. The van der Waals surface area contributed by atoms with Crippen LogP contribution in [0.2, 0.25) is 0 Å². The molecule has 0 radical (unpaired) electrons. The lowest BCUT2D eigenvalue weighted by molar-refractivity contribution is 0.102. The number of benzene rings is 2. The lowest BCUT2D eigenvalue weighted by Gasteiger charge is -2.29. The Morgan fingerprint density at radius 3 is 2.43 bits per heavy atom. The van der Waals surface area contributed by atoms with E-state index in [1.54, 1.807) is 19.5 Å². The van der Waals surface area contributed by atoms with Gasteiger partial charge in [-0.3, -0.25) is 9.78 Å². The highest BCUT2D eigenvalue weighted by Crippen LogP contribution is 2.21. The predicted octanol–water partition coefficient (Wildman–Crippen LogP) is 4.76. The summed E-state index contributed by atoms with van der Waals surface area (Å²) in [5.74, 6) is 0.554. The Kier molecular flexibility index (Phi) is 6.27. The lowest BCUT2D eigenvalue weighted by atomic mass is 10.1. The van der Waals surface area contributed by atoms with Crippen molar-refractivity contribution in [3.8, 4) is 5.75 Å². The molecule has 0 unspecified atom stereocenters. The van der Waals surface area contributed by atoms with Crippen molar-refractivity contribution in [1.29, 1.82) is 0 Å². The second-order valence-electron chi connectivity index (χ2n) is 6.82. The van der Waals surface area contributed by atoms with Crippen molar-refractivity contribution in [3.63, 3.8) is 0 Å². The summed E-state index contributed by atoms with van der Waals surface area (Å²) in [4.78, 5) is 19.2. The van der Waals surface area contributed by atoms with Gasteiger partial charge in [-0.15, -0.1) is 0 Å². The van der Waals surface area contributed by atoms with E-state index in [-0.39, 0.29) is 11.9 Å². The van der Waals surface area contributed by atoms with Crippen LogP contribution in [0.15, 0.2) is 73.1 Å². The molecule has 0 fully saturated rings. The number of aromatic nitrogens is 1. The normalized spacial score (nSPS) is 10.6. The summed E-state index contributed by atoms with van der Waals surface area (Å²) < 4.78 is 5.14. The van der Waals surface area contributed by atoms with Crippen LogP contribution in [0.1, 0.15) is 29.8 Å². The van der Waals surface area contributed by atoms with Gasteiger partial charge < -0.3 is 15.0 Å². The maximum absolute atomic E-state index is 12.7. The maximum Gasteiger partial charge on any atom is 0.257 e. The van der Waals surface area contributed by atoms with Gasteiger partial charge >= 0.3 is 0 Å². The van der Waals surface area contributed by atoms with Crippen molar-refractivity contribution in [1.82, 2.24) is 4.98 Å². The molecule has 0 saturated carbocycles. The number of nitrogens with one attached hydrogen (secondary N) is 1. The molecule has 144 valence electrons. The van der Waals surface area contributed by atoms with Gasteiger partial charge in [0.15, 0.2) is 0 Å². The molecule has 5 heteroatoms. The van der Waals surface area contributed by atoms with Gasteiger partial charge in [0.25, 0.3) is 5.91 Å². The van der Waals surface area contributed by atoms with E-state index in [9.17, 15) is 4.79 Å². The molecule has 3 aromatic rings. The molecule has 0 aliphatic heterocycles. The largest absolute Gasteiger partial charge is 0.497 e. The molecule has 0 aliphatic rings. The average molecular weight is 375 g/mol. The molecule has 5 nitrogen and oxygen atoms in total. The molecular weight excluding hydrogens is 350 g/mol. The van der Waals surface area contributed by atoms with Crippen LogP contribution in [0.5, 0.6) is 5.75 Å². The highest BCUT2D eigenvalue weighted by Gasteiger charge is 2.15. The van der Waals surface area contributed by atoms with Crippen molar-refractivity contribution < 1.29 is 9.53 Å². The monoisotopic (exact) mass is 375 g/mol. The van der Waals surface area contributed by atoms with E-state index in [1.165, 1.54) is 5.56 Å². The van der Waals surface area contributed by atoms with Crippen LogP contribution in [0, 0.1) is 0 Å². The molecule has 1 aromatic heterocycles. The molecule has 2 aromatic carbocycles. The van der Waals surface area contributed by atoms with Crippen LogP contribution in [0.25, 0.3) is 0 Å². The highest BCUT2D eigenvalue weighted by atomic mass is 16.5. The molecule has 3 rings (SSSR count). The SMILES string of the molecule is COc1ccc(NC(=O)c2cncc(N(Cc3ccccc3)C(C)C)c2)cc1. The zero-order valence-electron chi connectivity index (χ0n) is 16.4. The van der Waals surface area contributed by atoms with Crippen LogP contribution in [0.4, 0.5) is 11.4 Å². The number of hydrogen-bond donors (Lipinski definition) is 1. The molecule has 0 aliphatic carbocycles. The van der Waals surface area contributed by atoms with Gasteiger partial charge in [-0.05, 0) is 49.7 Å². The summed E-state index contributed by atoms with van der Waals surface area (Å²) in [7, 11) is 1.61. The van der Waals surface area contributed by atoms with Crippen molar-refractivity contribution in [2.75, 3.05) is 17.3 Å². The first kappa shape index (κ1) is 19.4. The fraction of sp³-hybridized carbons (Fsp3) is 0.217. The number of ether oxygens (including phenoxy) is 1. The topological polar surface area (TPSA) is 54.5 Å². The molecule has 0 spiro atoms. The molecule has 0 saturated heterocycles. The number of carbonyl (C=O) groups is 1. The minimum atomic E-state index is -0.192. The Morgan fingerprint density at radius 2 is 1.79 bits per heavy atom. The van der Waals surface area contributed by atoms with Crippen LogP contribution in [0.3, 0.4) is 0 Å². The zero-order chi connectivity index (χ0) is 19.9. The van der Waals surface area contributed by atoms with Gasteiger partial charge in [-0.25, -0.2) is 0 Å². The van der Waals surface area contributed by atoms with Crippen molar-refractivity contribution in [3.05, 3.63) is 84.2 Å². The fourth-order valence-electron chi connectivity index (χ4n) is 2.94. The van der Waals surface area contributed by atoms with Crippen LogP contribution in [-0.4, -0.2) is 24.0 Å². The number of nitrogens with zero attached hydrogens (tertiary/aromatic N) is 2. The number of pyridine rings is 1. The van der Waals surface area contributed by atoms with Crippen molar-refractivity contribution in [2.24, 2.45) is 0 Å². The van der Waals surface area contributed by atoms with Gasteiger partial charge in [0.05, 0.1) is 24.6 Å². The number of hydrogen-bond acceptors (Lipinski definition) is 4. The van der Waals surface area contributed by atoms with E-state index >= 15 is 0 Å². The summed E-state index contributed by atoms with van der Waals surface area (Å²) in [6.45, 7) is 5.02. The molecule has 0 bridgehead atoms. The Labute approximate surface area is 166 Å². The van der Waals surface area contributed by atoms with Gasteiger partial charge in [-0.2, -0.15) is 0 Å². The van der Waals surface area contributed by atoms with Gasteiger partial charge in [0, 0.05) is 24.5 Å². The smallest absolute Gasteiger partial charge is 0.257 e. The van der Waals surface area contributed by atoms with Crippen LogP contribution in [-0.2, 0) is 6.54 Å². The second kappa shape index (κ2) is 9.04. The first-order chi connectivity index (χ1) is 13.6. The zero-order valence-corrected chi connectivity index (χ0v) is 16.4. The first-order valence-corrected chi connectivity index (χ1v) is 9.28. The van der Waals surface area contributed by atoms with E-state index in [4.69, 9.17) is 4.74 Å². The Bertz CT molecular complexity index is 909. The molecule has 1 amide bonds. The highest BCUT2D eigenvalue weighted by molar-refractivity contribution is 6.04. The summed E-state index contributed by atoms with van der Waals surface area (Å²) in [5, 5.41) is 2.90. The summed E-state index contributed by atoms with van der Waals surface area (Å²) in [6.07, 6.45) is 3.39. The average Bonchev–Trinajstić information content (AvgIpc) is 2.73. The Hall–Kier alpha value is -3.34. The lowest BCUT2D eigenvalue weighted by Crippen LogP contribution is -2.30. The third kappa shape index (κ3) is 4.88. The minimum Gasteiger partial charge on any atom is -0.497 e. The molecule has 1 heterocycles. The van der Waals surface area contributed by atoms with E-state index < -0.39 is 0 Å². The summed E-state index contributed by atoms with van der Waals surface area (Å²) in [6, 6.07) is 19.7. The van der Waals surface area contributed by atoms with Gasteiger partial charge in [0.1, 0.15) is 5.75 Å². The standard InChI is InChI=1S/C23H25N3O2/c1-17(2)26(16-18-7-5-4-6-8-18)21-13-19(14-24-15-21)23(27)25-20-9-11-22(28-3)12-10-20/h4-15,17H,16H2,1-3H3,(H,25,27). The number of carbonyl (C=O) groups excluding carboxylic acids is 1. The number of anilines is 2.